The van der Waals surface area contributed by atoms with E-state index in [9.17, 15) is 14.0 Å². The topological polar surface area (TPSA) is 101 Å². The predicted molar refractivity (Wildman–Crippen MR) is 42.2 cm³/mol. The number of carbonyl (C=O) groups is 2. The van der Waals surface area contributed by atoms with E-state index in [2.05, 4.69) is 0 Å². The van der Waals surface area contributed by atoms with Crippen LogP contribution in [0.1, 0.15) is 6.42 Å². The summed E-state index contributed by atoms with van der Waals surface area (Å²) in [7, 11) is 0. The van der Waals surface area contributed by atoms with Gasteiger partial charge in [-0.3, -0.25) is 9.59 Å². The maximum atomic E-state index is 13.2. The Labute approximate surface area is 78.7 Å². The Hall–Kier alpha value is -1.17. The van der Waals surface area contributed by atoms with Crippen LogP contribution in [0.4, 0.5) is 4.39 Å². The zero-order chi connectivity index (χ0) is 10.7. The fraction of sp³-hybridized carbons (Fsp3) is 0.750. The molecule has 14 heavy (non-hydrogen) atoms. The van der Waals surface area contributed by atoms with Crippen LogP contribution in [-0.4, -0.2) is 33.9 Å². The zero-order valence-electron chi connectivity index (χ0n) is 7.18. The van der Waals surface area contributed by atoms with Crippen molar-refractivity contribution in [3.05, 3.63) is 0 Å². The van der Waals surface area contributed by atoms with Gasteiger partial charge in [-0.25, -0.2) is 4.39 Å². The van der Waals surface area contributed by atoms with Crippen LogP contribution in [0, 0.1) is 17.8 Å². The van der Waals surface area contributed by atoms with Crippen molar-refractivity contribution < 1.29 is 24.2 Å². The molecule has 0 amide bonds. The summed E-state index contributed by atoms with van der Waals surface area (Å²) in [4.78, 5) is 21.4. The third-order valence-electron chi connectivity index (χ3n) is 3.30. The molecular formula is C8H10FNO4. The summed E-state index contributed by atoms with van der Waals surface area (Å²) in [5.41, 5.74) is 3.82. The molecule has 0 heterocycles. The van der Waals surface area contributed by atoms with E-state index in [1.54, 1.807) is 0 Å². The van der Waals surface area contributed by atoms with Gasteiger partial charge in [-0.2, -0.15) is 0 Å². The monoisotopic (exact) mass is 203 g/mol. The average Bonchev–Trinajstić information content (AvgIpc) is 2.72. The Morgan fingerprint density at radius 3 is 2.36 bits per heavy atom. The van der Waals surface area contributed by atoms with Gasteiger partial charge in [0.2, 0.25) is 0 Å². The van der Waals surface area contributed by atoms with Crippen molar-refractivity contribution in [1.82, 2.24) is 0 Å². The van der Waals surface area contributed by atoms with E-state index in [0.29, 0.717) is 0 Å². The molecule has 0 radical (unpaired) electrons. The molecule has 5 atom stereocenters. The van der Waals surface area contributed by atoms with Crippen molar-refractivity contribution in [2.24, 2.45) is 23.5 Å². The lowest BCUT2D eigenvalue weighted by molar-refractivity contribution is -0.145. The first-order chi connectivity index (χ1) is 6.39. The highest BCUT2D eigenvalue weighted by molar-refractivity contribution is 5.85. The maximum Gasteiger partial charge on any atom is 0.324 e. The van der Waals surface area contributed by atoms with Gasteiger partial charge in [-0.15, -0.1) is 0 Å². The van der Waals surface area contributed by atoms with Crippen LogP contribution < -0.4 is 5.73 Å². The van der Waals surface area contributed by atoms with Gasteiger partial charge < -0.3 is 15.9 Å². The molecule has 0 spiro atoms. The van der Waals surface area contributed by atoms with Gasteiger partial charge in [-0.05, 0) is 0 Å². The van der Waals surface area contributed by atoms with Gasteiger partial charge in [0, 0.05) is 18.3 Å². The number of carboxylic acids is 2. The molecule has 0 bridgehead atoms. The van der Waals surface area contributed by atoms with Crippen molar-refractivity contribution in [3.63, 3.8) is 0 Å². The minimum atomic E-state index is -1.69. The standard InChI is InChI=1S/C8H10FNO4/c9-2-1-8(10,7(13)14)5-3(2)4(5)6(11)12/h2-5H,1,10H2,(H,11,12)(H,13,14)/t2-,3?,4+,5+,8+/m1/s1. The minimum absolute atomic E-state index is 0.276. The number of alkyl halides is 1. The van der Waals surface area contributed by atoms with E-state index in [-0.39, 0.29) is 6.42 Å². The molecule has 1 unspecified atom stereocenters. The highest BCUT2D eigenvalue weighted by Crippen LogP contribution is 2.62. The Kier molecular flexibility index (Phi) is 1.64. The predicted octanol–water partition coefficient (Wildman–Crippen LogP) is -0.543. The lowest BCUT2D eigenvalue weighted by atomic mass is 9.91. The highest BCUT2D eigenvalue weighted by Gasteiger charge is 2.74. The maximum absolute atomic E-state index is 13.2. The van der Waals surface area contributed by atoms with Crippen LogP contribution in [0.2, 0.25) is 0 Å². The van der Waals surface area contributed by atoms with E-state index >= 15 is 0 Å². The van der Waals surface area contributed by atoms with Crippen LogP contribution in [0.3, 0.4) is 0 Å². The average molecular weight is 203 g/mol. The lowest BCUT2D eigenvalue weighted by Crippen LogP contribution is -2.50. The number of aliphatic carboxylic acids is 2. The van der Waals surface area contributed by atoms with Gasteiger partial charge in [0.25, 0.3) is 0 Å². The fourth-order valence-corrected chi connectivity index (χ4v) is 2.59. The summed E-state index contributed by atoms with van der Waals surface area (Å²) >= 11 is 0. The largest absolute Gasteiger partial charge is 0.481 e. The van der Waals surface area contributed by atoms with Crippen LogP contribution in [0.15, 0.2) is 0 Å². The first kappa shape index (κ1) is 9.39. The molecule has 0 aromatic heterocycles. The Morgan fingerprint density at radius 2 is 2.00 bits per heavy atom. The summed E-state index contributed by atoms with van der Waals surface area (Å²) in [6.45, 7) is 0. The number of carboxylic acid groups (broad SMARTS) is 2. The van der Waals surface area contributed by atoms with E-state index in [0.717, 1.165) is 0 Å². The molecule has 78 valence electrons. The van der Waals surface area contributed by atoms with E-state index in [4.69, 9.17) is 15.9 Å². The van der Waals surface area contributed by atoms with Crippen molar-refractivity contribution in [1.29, 1.82) is 0 Å². The third kappa shape index (κ3) is 0.914. The Bertz CT molecular complexity index is 320. The molecule has 2 aliphatic carbocycles. The molecule has 0 aromatic carbocycles. The van der Waals surface area contributed by atoms with Crippen LogP contribution in [0.5, 0.6) is 0 Å². The minimum Gasteiger partial charge on any atom is -0.481 e. The number of halogens is 1. The lowest BCUT2D eigenvalue weighted by Gasteiger charge is -2.21. The quantitative estimate of drug-likeness (QED) is 0.559. The Morgan fingerprint density at radius 1 is 1.43 bits per heavy atom. The molecule has 0 saturated heterocycles. The van der Waals surface area contributed by atoms with Gasteiger partial charge in [-0.1, -0.05) is 0 Å². The smallest absolute Gasteiger partial charge is 0.324 e. The zero-order valence-corrected chi connectivity index (χ0v) is 7.18. The van der Waals surface area contributed by atoms with E-state index in [1.165, 1.54) is 0 Å². The second kappa shape index (κ2) is 2.44. The number of nitrogens with two attached hydrogens (primary N) is 1. The van der Waals surface area contributed by atoms with E-state index < -0.39 is 41.4 Å². The van der Waals surface area contributed by atoms with Crippen molar-refractivity contribution in [3.8, 4) is 0 Å². The SMILES string of the molecule is N[C@@]1(C(=O)O)C[C@@H](F)C2[C@H](C(=O)O)[C@H]21. The van der Waals surface area contributed by atoms with Crippen LogP contribution in [0.25, 0.3) is 0 Å². The van der Waals surface area contributed by atoms with Crippen molar-refractivity contribution >= 4 is 11.9 Å². The first-order valence-electron chi connectivity index (χ1n) is 4.28. The molecule has 2 rings (SSSR count). The summed E-state index contributed by atoms with van der Waals surface area (Å²) in [5.74, 6) is -4.82. The van der Waals surface area contributed by atoms with Crippen LogP contribution >= 0.6 is 0 Å². The molecule has 2 saturated carbocycles. The molecule has 6 heteroatoms. The summed E-state index contributed by atoms with van der Waals surface area (Å²) in [6.07, 6.45) is -1.68. The molecule has 2 aliphatic rings. The first-order valence-corrected chi connectivity index (χ1v) is 4.28. The molecule has 4 N–H and O–H groups in total. The van der Waals surface area contributed by atoms with Crippen LogP contribution in [-0.2, 0) is 9.59 Å². The number of fused-ring (bicyclic) bond motifs is 1. The normalized spacial score (nSPS) is 49.9. The summed E-state index contributed by atoms with van der Waals surface area (Å²) in [5, 5.41) is 17.5. The molecule has 0 aliphatic heterocycles. The van der Waals surface area contributed by atoms with Gasteiger partial charge in [0.05, 0.1) is 5.92 Å². The van der Waals surface area contributed by atoms with Gasteiger partial charge in [0.1, 0.15) is 11.7 Å². The number of rotatable bonds is 2. The number of hydrogen-bond donors (Lipinski definition) is 3. The van der Waals surface area contributed by atoms with Crippen molar-refractivity contribution in [2.75, 3.05) is 0 Å². The second-order valence-corrected chi connectivity index (χ2v) is 4.03. The summed E-state index contributed by atoms with van der Waals surface area (Å²) in [6, 6.07) is 0. The van der Waals surface area contributed by atoms with Gasteiger partial charge in [0.15, 0.2) is 0 Å². The van der Waals surface area contributed by atoms with Crippen molar-refractivity contribution in [2.45, 2.75) is 18.1 Å². The molecular weight excluding hydrogens is 193 g/mol. The molecule has 5 nitrogen and oxygen atoms in total. The Balaban J connectivity index is 2.26. The second-order valence-electron chi connectivity index (χ2n) is 4.03. The highest BCUT2D eigenvalue weighted by atomic mass is 19.1. The van der Waals surface area contributed by atoms with E-state index in [1.807, 2.05) is 0 Å². The van der Waals surface area contributed by atoms with Gasteiger partial charge >= 0.3 is 11.9 Å². The number of hydrogen-bond acceptors (Lipinski definition) is 3. The molecule has 0 aromatic rings. The fourth-order valence-electron chi connectivity index (χ4n) is 2.59. The third-order valence-corrected chi connectivity index (χ3v) is 3.30. The summed E-state index contributed by atoms with van der Waals surface area (Å²) < 4.78 is 13.2. The molecule has 2 fully saturated rings.